The molecule has 1 aromatic heterocycles. The quantitative estimate of drug-likeness (QED) is 0.774. The summed E-state index contributed by atoms with van der Waals surface area (Å²) < 4.78 is 17.2. The number of halogens is 3. The first-order valence-corrected chi connectivity index (χ1v) is 4.41. The second-order valence-corrected chi connectivity index (χ2v) is 3.17. The number of rotatable bonds is 3. The molecular formula is C7H6BrClFNO. The molecule has 1 heterocycles. The van der Waals surface area contributed by atoms with E-state index < -0.39 is 6.67 Å². The van der Waals surface area contributed by atoms with E-state index in [-0.39, 0.29) is 6.61 Å². The van der Waals surface area contributed by atoms with Gasteiger partial charge in [-0.2, -0.15) is 0 Å². The van der Waals surface area contributed by atoms with E-state index in [0.29, 0.717) is 15.4 Å². The van der Waals surface area contributed by atoms with Crippen molar-refractivity contribution in [3.8, 4) is 5.75 Å². The van der Waals surface area contributed by atoms with Crippen molar-refractivity contribution in [2.75, 3.05) is 13.3 Å². The van der Waals surface area contributed by atoms with Crippen LogP contribution in [-0.2, 0) is 0 Å². The molecular weight excluding hydrogens is 248 g/mol. The molecule has 0 spiro atoms. The number of nitrogens with zero attached hydrogens (tertiary/aromatic N) is 1. The van der Waals surface area contributed by atoms with Crippen molar-refractivity contribution in [2.45, 2.75) is 0 Å². The van der Waals surface area contributed by atoms with Crippen LogP contribution in [-0.4, -0.2) is 18.3 Å². The van der Waals surface area contributed by atoms with Crippen molar-refractivity contribution < 1.29 is 9.13 Å². The van der Waals surface area contributed by atoms with Crippen LogP contribution in [0.5, 0.6) is 5.75 Å². The molecule has 0 N–H and O–H groups in total. The van der Waals surface area contributed by atoms with Gasteiger partial charge in [0.15, 0.2) is 5.75 Å². The summed E-state index contributed by atoms with van der Waals surface area (Å²) >= 11 is 8.78. The van der Waals surface area contributed by atoms with Crippen LogP contribution in [0, 0.1) is 0 Å². The molecule has 0 aliphatic heterocycles. The van der Waals surface area contributed by atoms with Gasteiger partial charge in [-0.1, -0.05) is 11.6 Å². The third kappa shape index (κ3) is 2.60. The van der Waals surface area contributed by atoms with Crippen molar-refractivity contribution >= 4 is 27.5 Å². The minimum Gasteiger partial charge on any atom is -0.488 e. The number of alkyl halides is 1. The number of hydrogen-bond acceptors (Lipinski definition) is 2. The van der Waals surface area contributed by atoms with E-state index in [4.69, 9.17) is 16.3 Å². The fourth-order valence-electron chi connectivity index (χ4n) is 0.654. The molecule has 2 nitrogen and oxygen atoms in total. The Balaban J connectivity index is 2.75. The third-order valence-electron chi connectivity index (χ3n) is 1.11. The van der Waals surface area contributed by atoms with Crippen LogP contribution in [0.15, 0.2) is 16.9 Å². The maximum absolute atomic E-state index is 11.7. The van der Waals surface area contributed by atoms with Crippen LogP contribution in [0.2, 0.25) is 5.02 Å². The molecule has 1 rings (SSSR count). The molecule has 0 saturated carbocycles. The van der Waals surface area contributed by atoms with Crippen LogP contribution >= 0.6 is 27.5 Å². The topological polar surface area (TPSA) is 22.1 Å². The zero-order valence-corrected chi connectivity index (χ0v) is 8.40. The van der Waals surface area contributed by atoms with E-state index in [0.717, 1.165) is 0 Å². The smallest absolute Gasteiger partial charge is 0.153 e. The lowest BCUT2D eigenvalue weighted by molar-refractivity contribution is 0.271. The molecule has 0 aromatic carbocycles. The Morgan fingerprint density at radius 1 is 1.67 bits per heavy atom. The van der Waals surface area contributed by atoms with Gasteiger partial charge in [-0.25, -0.2) is 9.37 Å². The van der Waals surface area contributed by atoms with Gasteiger partial charge in [0.25, 0.3) is 0 Å². The van der Waals surface area contributed by atoms with Crippen molar-refractivity contribution in [1.82, 2.24) is 4.98 Å². The normalized spacial score (nSPS) is 9.92. The molecule has 0 fully saturated rings. The highest BCUT2D eigenvalue weighted by Gasteiger charge is 2.02. The van der Waals surface area contributed by atoms with Gasteiger partial charge in [-0.05, 0) is 15.9 Å². The number of pyridine rings is 1. The largest absolute Gasteiger partial charge is 0.488 e. The summed E-state index contributed by atoms with van der Waals surface area (Å²) in [6.45, 7) is -0.514. The molecule has 0 saturated heterocycles. The van der Waals surface area contributed by atoms with Gasteiger partial charge in [-0.15, -0.1) is 0 Å². The molecule has 0 bridgehead atoms. The van der Waals surface area contributed by atoms with Crippen molar-refractivity contribution in [1.29, 1.82) is 0 Å². The monoisotopic (exact) mass is 253 g/mol. The molecule has 66 valence electrons. The second kappa shape index (κ2) is 4.62. The van der Waals surface area contributed by atoms with Crippen LogP contribution < -0.4 is 4.74 Å². The van der Waals surface area contributed by atoms with Crippen LogP contribution in [0.25, 0.3) is 0 Å². The maximum Gasteiger partial charge on any atom is 0.153 e. The van der Waals surface area contributed by atoms with E-state index in [1.54, 1.807) is 6.07 Å². The molecule has 5 heteroatoms. The highest BCUT2D eigenvalue weighted by Crippen LogP contribution is 2.25. The zero-order chi connectivity index (χ0) is 8.97. The lowest BCUT2D eigenvalue weighted by atomic mass is 10.5. The summed E-state index contributed by atoms with van der Waals surface area (Å²) in [6, 6.07) is 1.58. The minimum absolute atomic E-state index is 0.0145. The predicted molar refractivity (Wildman–Crippen MR) is 48.4 cm³/mol. The highest BCUT2D eigenvalue weighted by molar-refractivity contribution is 9.10. The van der Waals surface area contributed by atoms with Gasteiger partial charge >= 0.3 is 0 Å². The SMILES string of the molecule is FCCOc1cc(Cl)cnc1Br. The van der Waals surface area contributed by atoms with Gasteiger partial charge in [0.05, 0.1) is 5.02 Å². The second-order valence-electron chi connectivity index (χ2n) is 1.98. The van der Waals surface area contributed by atoms with Gasteiger partial charge in [0, 0.05) is 12.3 Å². The zero-order valence-electron chi connectivity index (χ0n) is 6.06. The Kier molecular flexibility index (Phi) is 3.75. The molecule has 12 heavy (non-hydrogen) atoms. The molecule has 0 atom stereocenters. The molecule has 0 amide bonds. The van der Waals surface area contributed by atoms with Crippen molar-refractivity contribution in [3.05, 3.63) is 21.9 Å². The Morgan fingerprint density at radius 2 is 2.42 bits per heavy atom. The molecule has 0 aliphatic rings. The van der Waals surface area contributed by atoms with E-state index in [2.05, 4.69) is 20.9 Å². The maximum atomic E-state index is 11.7. The lowest BCUT2D eigenvalue weighted by Crippen LogP contribution is -1.99. The summed E-state index contributed by atoms with van der Waals surface area (Å²) in [5.74, 6) is 0.458. The first kappa shape index (κ1) is 9.74. The Labute approximate surface area is 82.8 Å². The summed E-state index contributed by atoms with van der Waals surface area (Å²) in [6.07, 6.45) is 1.48. The first-order valence-electron chi connectivity index (χ1n) is 3.24. The van der Waals surface area contributed by atoms with E-state index in [1.807, 2.05) is 0 Å². The Hall–Kier alpha value is -0.350. The summed E-state index contributed by atoms with van der Waals surface area (Å²) in [5.41, 5.74) is 0. The van der Waals surface area contributed by atoms with Gasteiger partial charge < -0.3 is 4.74 Å². The molecule has 1 aromatic rings. The summed E-state index contributed by atoms with van der Waals surface area (Å²) in [4.78, 5) is 3.87. The van der Waals surface area contributed by atoms with Crippen LogP contribution in [0.1, 0.15) is 0 Å². The lowest BCUT2D eigenvalue weighted by Gasteiger charge is -2.04. The fourth-order valence-corrected chi connectivity index (χ4v) is 1.13. The van der Waals surface area contributed by atoms with Crippen molar-refractivity contribution in [3.63, 3.8) is 0 Å². The first-order chi connectivity index (χ1) is 5.74. The average molecular weight is 254 g/mol. The molecule has 0 aliphatic carbocycles. The van der Waals surface area contributed by atoms with E-state index in [1.165, 1.54) is 6.20 Å². The van der Waals surface area contributed by atoms with Crippen molar-refractivity contribution in [2.24, 2.45) is 0 Å². The van der Waals surface area contributed by atoms with E-state index >= 15 is 0 Å². The average Bonchev–Trinajstić information content (AvgIpc) is 2.07. The minimum atomic E-state index is -0.529. The highest BCUT2D eigenvalue weighted by atomic mass is 79.9. The Morgan fingerprint density at radius 3 is 3.08 bits per heavy atom. The third-order valence-corrected chi connectivity index (χ3v) is 1.91. The number of ether oxygens (including phenoxy) is 1. The van der Waals surface area contributed by atoms with Crippen LogP contribution in [0.3, 0.4) is 0 Å². The molecule has 0 unspecified atom stereocenters. The number of hydrogen-bond donors (Lipinski definition) is 0. The van der Waals surface area contributed by atoms with E-state index in [9.17, 15) is 4.39 Å². The molecule has 0 radical (unpaired) electrons. The van der Waals surface area contributed by atoms with Gasteiger partial charge in [0.1, 0.15) is 17.9 Å². The summed E-state index contributed by atoms with van der Waals surface area (Å²) in [7, 11) is 0. The van der Waals surface area contributed by atoms with Gasteiger partial charge in [0.2, 0.25) is 0 Å². The number of aromatic nitrogens is 1. The predicted octanol–water partition coefficient (Wildman–Crippen LogP) is 2.85. The van der Waals surface area contributed by atoms with Gasteiger partial charge in [-0.3, -0.25) is 0 Å². The fraction of sp³-hybridized carbons (Fsp3) is 0.286. The van der Waals surface area contributed by atoms with Crippen LogP contribution in [0.4, 0.5) is 4.39 Å². The summed E-state index contributed by atoms with van der Waals surface area (Å²) in [5, 5.41) is 0.465. The Bertz CT molecular complexity index is 272. The standard InChI is InChI=1S/C7H6BrClFNO/c8-7-6(12-2-1-10)3-5(9)4-11-7/h3-4H,1-2H2.